The maximum atomic E-state index is 11.3. The minimum Gasteiger partial charge on any atom is -0.448 e. The van der Waals surface area contributed by atoms with Gasteiger partial charge in [0.15, 0.2) is 0 Å². The monoisotopic (exact) mass is 282 g/mol. The van der Waals surface area contributed by atoms with Crippen LogP contribution in [0.1, 0.15) is 11.1 Å². The van der Waals surface area contributed by atoms with Crippen molar-refractivity contribution in [3.63, 3.8) is 0 Å². The Bertz CT molecular complexity index is 519. The summed E-state index contributed by atoms with van der Waals surface area (Å²) in [6, 6.07) is 5.96. The largest absolute Gasteiger partial charge is 0.448 e. The van der Waals surface area contributed by atoms with Crippen LogP contribution in [0.2, 0.25) is 0 Å². The van der Waals surface area contributed by atoms with Crippen LogP contribution in [-0.4, -0.2) is 36.6 Å². The van der Waals surface area contributed by atoms with Crippen LogP contribution in [0.5, 0.6) is 0 Å². The van der Waals surface area contributed by atoms with Crippen molar-refractivity contribution in [3.8, 4) is 0 Å². The van der Waals surface area contributed by atoms with Gasteiger partial charge in [-0.1, -0.05) is 12.1 Å². The molecule has 6 heteroatoms. The molecule has 1 fully saturated rings. The highest BCUT2D eigenvalue weighted by Gasteiger charge is 2.22. The predicted octanol–water partition coefficient (Wildman–Crippen LogP) is 1.60. The third kappa shape index (κ3) is 2.81. The average molecular weight is 283 g/mol. The number of ether oxygens (including phenoxy) is 1. The van der Waals surface area contributed by atoms with E-state index in [0.29, 0.717) is 26.1 Å². The fourth-order valence-corrected chi connectivity index (χ4v) is 2.33. The van der Waals surface area contributed by atoms with Crippen molar-refractivity contribution in [3.05, 3.63) is 29.3 Å². The molecule has 1 aromatic carbocycles. The van der Waals surface area contributed by atoms with Crippen LogP contribution >= 0.6 is 12.4 Å². The fourth-order valence-electron chi connectivity index (χ4n) is 2.33. The van der Waals surface area contributed by atoms with Gasteiger partial charge in [-0.15, -0.1) is 12.4 Å². The zero-order valence-electron chi connectivity index (χ0n) is 10.3. The Morgan fingerprint density at radius 1 is 1.32 bits per heavy atom. The first-order valence-electron chi connectivity index (χ1n) is 6.06. The molecular weight excluding hydrogens is 268 g/mol. The minimum absolute atomic E-state index is 0. The van der Waals surface area contributed by atoms with Crippen molar-refractivity contribution in [1.29, 1.82) is 0 Å². The summed E-state index contributed by atoms with van der Waals surface area (Å²) in [5.41, 5.74) is 3.09. The molecule has 0 aliphatic carbocycles. The number of halogens is 1. The van der Waals surface area contributed by atoms with Crippen molar-refractivity contribution in [2.24, 2.45) is 0 Å². The number of anilines is 1. The second kappa shape index (κ2) is 5.48. The van der Waals surface area contributed by atoms with Gasteiger partial charge in [0.1, 0.15) is 6.61 Å². The van der Waals surface area contributed by atoms with Gasteiger partial charge in [0.25, 0.3) is 0 Å². The molecule has 0 unspecified atom stereocenters. The number of hydrogen-bond acceptors (Lipinski definition) is 3. The SMILES string of the molecule is Cl.O=C1Cc2cc(CCN3CCOC3=O)ccc2N1. The molecule has 0 aromatic heterocycles. The highest BCUT2D eigenvalue weighted by molar-refractivity contribution is 5.99. The Labute approximate surface area is 117 Å². The topological polar surface area (TPSA) is 58.6 Å². The van der Waals surface area contributed by atoms with Crippen LogP contribution in [0.25, 0.3) is 0 Å². The number of hydrogen-bond donors (Lipinski definition) is 1. The number of nitrogens with one attached hydrogen (secondary N) is 1. The molecule has 1 aromatic rings. The summed E-state index contributed by atoms with van der Waals surface area (Å²) in [5, 5.41) is 2.81. The molecule has 5 nitrogen and oxygen atoms in total. The molecular formula is C13H15ClN2O3. The first kappa shape index (κ1) is 13.7. The van der Waals surface area contributed by atoms with Gasteiger partial charge in [-0.3, -0.25) is 4.79 Å². The van der Waals surface area contributed by atoms with Crippen molar-refractivity contribution >= 4 is 30.1 Å². The van der Waals surface area contributed by atoms with Crippen LogP contribution in [0.15, 0.2) is 18.2 Å². The fraction of sp³-hybridized carbons (Fsp3) is 0.385. The molecule has 102 valence electrons. The second-order valence-corrected chi connectivity index (χ2v) is 4.57. The molecule has 3 rings (SSSR count). The van der Waals surface area contributed by atoms with Gasteiger partial charge in [-0.2, -0.15) is 0 Å². The molecule has 0 atom stereocenters. The third-order valence-corrected chi connectivity index (χ3v) is 3.31. The van der Waals surface area contributed by atoms with Crippen molar-refractivity contribution < 1.29 is 14.3 Å². The van der Waals surface area contributed by atoms with Crippen LogP contribution in [0.4, 0.5) is 10.5 Å². The zero-order valence-corrected chi connectivity index (χ0v) is 11.2. The van der Waals surface area contributed by atoms with Gasteiger partial charge >= 0.3 is 6.09 Å². The quantitative estimate of drug-likeness (QED) is 0.916. The lowest BCUT2D eigenvalue weighted by Gasteiger charge is -2.12. The van der Waals surface area contributed by atoms with E-state index < -0.39 is 0 Å². The zero-order chi connectivity index (χ0) is 12.5. The Hall–Kier alpha value is -1.75. The number of fused-ring (bicyclic) bond motifs is 1. The lowest BCUT2D eigenvalue weighted by molar-refractivity contribution is -0.115. The lowest BCUT2D eigenvalue weighted by atomic mass is 10.1. The van der Waals surface area contributed by atoms with Crippen LogP contribution in [0, 0.1) is 0 Å². The van der Waals surface area contributed by atoms with Crippen LogP contribution < -0.4 is 5.32 Å². The molecule has 1 saturated heterocycles. The Kier molecular flexibility index (Phi) is 3.95. The number of carbonyl (C=O) groups excluding carboxylic acids is 2. The van der Waals surface area contributed by atoms with E-state index in [1.807, 2.05) is 18.2 Å². The normalized spacial score (nSPS) is 16.7. The van der Waals surface area contributed by atoms with Crippen molar-refractivity contribution in [2.75, 3.05) is 25.0 Å². The van der Waals surface area contributed by atoms with E-state index in [4.69, 9.17) is 4.74 Å². The summed E-state index contributed by atoms with van der Waals surface area (Å²) in [6.07, 6.45) is 1.01. The lowest BCUT2D eigenvalue weighted by Crippen LogP contribution is -2.26. The molecule has 2 aliphatic rings. The minimum atomic E-state index is -0.229. The maximum Gasteiger partial charge on any atom is 0.409 e. The maximum absolute atomic E-state index is 11.3. The van der Waals surface area contributed by atoms with E-state index >= 15 is 0 Å². The number of nitrogens with zero attached hydrogens (tertiary/aromatic N) is 1. The number of amides is 2. The molecule has 0 radical (unpaired) electrons. The van der Waals surface area contributed by atoms with Gasteiger partial charge in [-0.25, -0.2) is 4.79 Å². The standard InChI is InChI=1S/C13H14N2O3.ClH/c16-12-8-10-7-9(1-2-11(10)14-12)3-4-15-5-6-18-13(15)17;/h1-2,7H,3-6,8H2,(H,14,16);1H. The average Bonchev–Trinajstić information content (AvgIpc) is 2.90. The predicted molar refractivity (Wildman–Crippen MR) is 72.6 cm³/mol. The Balaban J connectivity index is 0.00000133. The van der Waals surface area contributed by atoms with E-state index in [1.54, 1.807) is 4.90 Å². The van der Waals surface area contributed by atoms with E-state index in [2.05, 4.69) is 5.32 Å². The Morgan fingerprint density at radius 3 is 2.89 bits per heavy atom. The first-order chi connectivity index (χ1) is 8.72. The molecule has 0 saturated carbocycles. The Morgan fingerprint density at radius 2 is 2.16 bits per heavy atom. The van der Waals surface area contributed by atoms with Crippen molar-refractivity contribution in [1.82, 2.24) is 4.90 Å². The third-order valence-electron chi connectivity index (χ3n) is 3.31. The van der Waals surface area contributed by atoms with E-state index in [1.165, 1.54) is 0 Å². The molecule has 0 spiro atoms. The summed E-state index contributed by atoms with van der Waals surface area (Å²) in [4.78, 5) is 24.2. The summed E-state index contributed by atoms with van der Waals surface area (Å²) < 4.78 is 4.87. The summed E-state index contributed by atoms with van der Waals surface area (Å²) >= 11 is 0. The van der Waals surface area contributed by atoms with Crippen LogP contribution in [-0.2, 0) is 22.4 Å². The van der Waals surface area contributed by atoms with Gasteiger partial charge in [0.2, 0.25) is 5.91 Å². The number of rotatable bonds is 3. The van der Waals surface area contributed by atoms with Crippen molar-refractivity contribution in [2.45, 2.75) is 12.8 Å². The molecule has 2 aliphatic heterocycles. The summed E-state index contributed by atoms with van der Waals surface area (Å²) in [6.45, 7) is 1.82. The number of carbonyl (C=O) groups is 2. The first-order valence-corrected chi connectivity index (χ1v) is 6.06. The van der Waals surface area contributed by atoms with Gasteiger partial charge in [-0.05, 0) is 23.6 Å². The summed E-state index contributed by atoms with van der Waals surface area (Å²) in [7, 11) is 0. The van der Waals surface area contributed by atoms with E-state index in [-0.39, 0.29) is 24.4 Å². The smallest absolute Gasteiger partial charge is 0.409 e. The molecule has 19 heavy (non-hydrogen) atoms. The highest BCUT2D eigenvalue weighted by atomic mass is 35.5. The second-order valence-electron chi connectivity index (χ2n) is 4.57. The molecule has 1 N–H and O–H groups in total. The van der Waals surface area contributed by atoms with Gasteiger partial charge < -0.3 is 15.0 Å². The summed E-state index contributed by atoms with van der Waals surface area (Å²) in [5.74, 6) is 0.0465. The number of benzene rings is 1. The van der Waals surface area contributed by atoms with Gasteiger partial charge in [0, 0.05) is 12.2 Å². The van der Waals surface area contributed by atoms with Crippen LogP contribution in [0.3, 0.4) is 0 Å². The van der Waals surface area contributed by atoms with Gasteiger partial charge in [0.05, 0.1) is 13.0 Å². The highest BCUT2D eigenvalue weighted by Crippen LogP contribution is 2.24. The molecule has 2 heterocycles. The molecule has 2 amide bonds. The number of cyclic esters (lactones) is 1. The van der Waals surface area contributed by atoms with E-state index in [0.717, 1.165) is 23.2 Å². The molecule has 0 bridgehead atoms. The van der Waals surface area contributed by atoms with E-state index in [9.17, 15) is 9.59 Å².